The Hall–Kier alpha value is -1.64. The summed E-state index contributed by atoms with van der Waals surface area (Å²) in [4.78, 5) is 51.0. The summed E-state index contributed by atoms with van der Waals surface area (Å²) in [7, 11) is 0. The van der Waals surface area contributed by atoms with Crippen molar-refractivity contribution >= 4 is 23.1 Å². The first-order valence-corrected chi connectivity index (χ1v) is 21.1. The summed E-state index contributed by atoms with van der Waals surface area (Å²) >= 11 is 0. The molecule has 5 aliphatic heterocycles. The van der Waals surface area contributed by atoms with E-state index in [0.717, 1.165) is 77.0 Å². The SMILES string of the molecule is CC(=O)C1CCC2C3NC(NC4NC(NC5NC(NC6NC(N3)C3CC(C(C)=O)CCC63)C3CC(C(C)=O)CCC53)C3CC(C(C)=O)CCC43)C2C1. The molecule has 5 saturated heterocycles. The summed E-state index contributed by atoms with van der Waals surface area (Å²) in [5.74, 6) is 4.55. The molecule has 0 aromatic rings. The van der Waals surface area contributed by atoms with Gasteiger partial charge in [0.2, 0.25) is 0 Å². The maximum Gasteiger partial charge on any atom is 0.132 e. The Morgan fingerprint density at radius 2 is 0.462 bits per heavy atom. The van der Waals surface area contributed by atoms with E-state index in [1.165, 1.54) is 0 Å². The fourth-order valence-electron chi connectivity index (χ4n) is 13.5. The average molecular weight is 721 g/mol. The highest BCUT2D eigenvalue weighted by atomic mass is 16.1. The van der Waals surface area contributed by atoms with Crippen LogP contribution in [0.1, 0.15) is 105 Å². The highest BCUT2D eigenvalue weighted by Gasteiger charge is 2.56. The van der Waals surface area contributed by atoms with E-state index in [1.807, 2.05) is 0 Å². The lowest BCUT2D eigenvalue weighted by molar-refractivity contribution is -0.123. The Labute approximate surface area is 309 Å². The number of carbonyl (C=O) groups is 4. The number of carbonyl (C=O) groups excluding carboxylic acids is 4. The number of ketones is 4. The summed E-state index contributed by atoms with van der Waals surface area (Å²) in [5.41, 5.74) is 0. The lowest BCUT2D eigenvalue weighted by Crippen LogP contribution is -2.61. The van der Waals surface area contributed by atoms with E-state index in [-0.39, 0.29) is 73.0 Å². The van der Waals surface area contributed by atoms with Gasteiger partial charge in [-0.1, -0.05) is 0 Å². The summed E-state index contributed by atoms with van der Waals surface area (Å²) in [6, 6.07) is 0. The Bertz CT molecular complexity index is 1220. The molecule has 8 N–H and O–H groups in total. The van der Waals surface area contributed by atoms with Gasteiger partial charge >= 0.3 is 0 Å². The van der Waals surface area contributed by atoms with Crippen molar-refractivity contribution in [2.45, 2.75) is 154 Å². The first kappa shape index (κ1) is 36.0. The zero-order valence-electron chi connectivity index (χ0n) is 31.7. The van der Waals surface area contributed by atoms with Crippen LogP contribution in [0.3, 0.4) is 0 Å². The minimum atomic E-state index is 0.0580. The van der Waals surface area contributed by atoms with E-state index in [9.17, 15) is 19.2 Å². The van der Waals surface area contributed by atoms with E-state index < -0.39 is 0 Å². The molecule has 4 aliphatic carbocycles. The normalized spacial score (nSPS) is 52.5. The molecular formula is C40H64N8O4. The minimum Gasteiger partial charge on any atom is -0.300 e. The second kappa shape index (κ2) is 14.1. The third-order valence-electron chi connectivity index (χ3n) is 16.4. The van der Waals surface area contributed by atoms with Gasteiger partial charge in [0.15, 0.2) is 0 Å². The van der Waals surface area contributed by atoms with Crippen LogP contribution < -0.4 is 42.5 Å². The molecule has 12 nitrogen and oxygen atoms in total. The third-order valence-corrected chi connectivity index (χ3v) is 16.4. The van der Waals surface area contributed by atoms with Gasteiger partial charge in [0.1, 0.15) is 23.1 Å². The molecule has 9 aliphatic rings. The second-order valence-electron chi connectivity index (χ2n) is 18.9. The predicted molar refractivity (Wildman–Crippen MR) is 195 cm³/mol. The molecule has 0 amide bonds. The Kier molecular flexibility index (Phi) is 9.79. The topological polar surface area (TPSA) is 165 Å². The summed E-state index contributed by atoms with van der Waals surface area (Å²) in [6.07, 6.45) is 12.0. The molecule has 9 rings (SSSR count). The third kappa shape index (κ3) is 6.38. The van der Waals surface area contributed by atoms with Crippen LogP contribution in [0.4, 0.5) is 0 Å². The summed E-state index contributed by atoms with van der Waals surface area (Å²) in [6.45, 7) is 7.07. The molecule has 0 spiro atoms. The molecular weight excluding hydrogens is 656 g/mol. The summed E-state index contributed by atoms with van der Waals surface area (Å²) in [5, 5.41) is 32.7. The van der Waals surface area contributed by atoms with Crippen LogP contribution in [0.25, 0.3) is 0 Å². The minimum absolute atomic E-state index is 0.0580. The summed E-state index contributed by atoms with van der Waals surface area (Å²) < 4.78 is 0. The molecule has 0 aromatic carbocycles. The monoisotopic (exact) mass is 721 g/mol. The van der Waals surface area contributed by atoms with Gasteiger partial charge in [0.25, 0.3) is 0 Å². The molecule has 8 bridgehead atoms. The van der Waals surface area contributed by atoms with Crippen LogP contribution in [-0.2, 0) is 19.2 Å². The lowest BCUT2D eigenvalue weighted by Gasteiger charge is -2.38. The first-order valence-electron chi connectivity index (χ1n) is 21.1. The smallest absolute Gasteiger partial charge is 0.132 e. The Morgan fingerprint density at radius 1 is 0.288 bits per heavy atom. The zero-order chi connectivity index (χ0) is 36.0. The van der Waals surface area contributed by atoms with Crippen molar-refractivity contribution in [2.75, 3.05) is 0 Å². The molecule has 9 fully saturated rings. The highest BCUT2D eigenvalue weighted by molar-refractivity contribution is 5.79. The number of fused-ring (bicyclic) bond motifs is 20. The van der Waals surface area contributed by atoms with Crippen LogP contribution in [0, 0.1) is 71.0 Å². The largest absolute Gasteiger partial charge is 0.300 e. The number of hydrogen-bond acceptors (Lipinski definition) is 12. The van der Waals surface area contributed by atoms with Crippen LogP contribution in [-0.4, -0.2) is 72.5 Å². The van der Waals surface area contributed by atoms with Crippen LogP contribution in [0.2, 0.25) is 0 Å². The predicted octanol–water partition coefficient (Wildman–Crippen LogP) is 1.87. The molecule has 4 saturated carbocycles. The van der Waals surface area contributed by atoms with Gasteiger partial charge in [-0.15, -0.1) is 0 Å². The number of Topliss-reactive ketones (excluding diaryl/α,β-unsaturated/α-hetero) is 4. The maximum atomic E-state index is 12.7. The van der Waals surface area contributed by atoms with Crippen LogP contribution in [0.15, 0.2) is 0 Å². The Morgan fingerprint density at radius 3 is 0.635 bits per heavy atom. The van der Waals surface area contributed by atoms with Crippen LogP contribution in [0.5, 0.6) is 0 Å². The van der Waals surface area contributed by atoms with E-state index in [4.69, 9.17) is 0 Å². The first-order chi connectivity index (χ1) is 25.0. The molecule has 52 heavy (non-hydrogen) atoms. The van der Waals surface area contributed by atoms with Crippen molar-refractivity contribution in [1.29, 1.82) is 0 Å². The zero-order valence-corrected chi connectivity index (χ0v) is 31.7. The van der Waals surface area contributed by atoms with E-state index in [0.29, 0.717) is 70.5 Å². The molecule has 0 aromatic heterocycles. The lowest BCUT2D eigenvalue weighted by atomic mass is 9.70. The van der Waals surface area contributed by atoms with Crippen molar-refractivity contribution < 1.29 is 19.2 Å². The van der Waals surface area contributed by atoms with Crippen molar-refractivity contribution in [3.63, 3.8) is 0 Å². The number of rotatable bonds is 4. The van der Waals surface area contributed by atoms with Gasteiger partial charge in [0, 0.05) is 23.7 Å². The quantitative estimate of drug-likeness (QED) is 0.213. The molecule has 288 valence electrons. The molecule has 12 heteroatoms. The number of hydrogen-bond donors (Lipinski definition) is 8. The number of nitrogens with one attached hydrogen (secondary N) is 8. The standard InChI is InChI=1S/C40H64N8O4/c1-17(49)21-5-9-25-29(13-21)37-41-33(25)46-38-31-15-23(19(3)51)7-11-27(31)35(43-38)48-40-32-16-24(20(4)52)8-12-28(32)36(44-40)47-39-30-14-22(18(2)50)6-10-26(30)34(42-39)45-37/h21-48H,5-16H2,1-4H3. The van der Waals surface area contributed by atoms with Gasteiger partial charge in [-0.2, -0.15) is 0 Å². The van der Waals surface area contributed by atoms with Crippen molar-refractivity contribution in [3.05, 3.63) is 0 Å². The highest BCUT2D eigenvalue weighted by Crippen LogP contribution is 2.48. The van der Waals surface area contributed by atoms with Gasteiger partial charge in [-0.05, 0) is 152 Å². The van der Waals surface area contributed by atoms with Crippen molar-refractivity contribution in [1.82, 2.24) is 42.5 Å². The second-order valence-corrected chi connectivity index (χ2v) is 18.9. The van der Waals surface area contributed by atoms with Gasteiger partial charge in [0.05, 0.1) is 49.3 Å². The molecule has 5 heterocycles. The van der Waals surface area contributed by atoms with Crippen LogP contribution >= 0.6 is 0 Å². The fraction of sp³-hybridized carbons (Fsp3) is 0.900. The Balaban J connectivity index is 1.06. The average Bonchev–Trinajstić information content (AvgIpc) is 3.85. The fourth-order valence-corrected chi connectivity index (χ4v) is 13.5. The van der Waals surface area contributed by atoms with E-state index in [2.05, 4.69) is 42.5 Å². The maximum absolute atomic E-state index is 12.7. The molecule has 0 radical (unpaired) electrons. The van der Waals surface area contributed by atoms with Crippen molar-refractivity contribution in [3.8, 4) is 0 Å². The van der Waals surface area contributed by atoms with E-state index in [1.54, 1.807) is 27.7 Å². The van der Waals surface area contributed by atoms with Gasteiger partial charge < -0.3 is 0 Å². The van der Waals surface area contributed by atoms with E-state index >= 15 is 0 Å². The van der Waals surface area contributed by atoms with Gasteiger partial charge in [-0.25, -0.2) is 0 Å². The van der Waals surface area contributed by atoms with Gasteiger partial charge in [-0.3, -0.25) is 61.7 Å². The molecule has 12 unspecified atom stereocenters. The van der Waals surface area contributed by atoms with Crippen molar-refractivity contribution in [2.24, 2.45) is 71.0 Å². The molecule has 12 atom stereocenters.